The van der Waals surface area contributed by atoms with Crippen LogP contribution in [-0.2, 0) is 32.3 Å². The van der Waals surface area contributed by atoms with Crippen molar-refractivity contribution in [3.05, 3.63) is 102 Å². The third-order valence-electron chi connectivity index (χ3n) is 4.77. The van der Waals surface area contributed by atoms with Gasteiger partial charge in [0.05, 0.1) is 0 Å². The molecule has 0 bridgehead atoms. The van der Waals surface area contributed by atoms with E-state index in [1.165, 1.54) is 6.92 Å². The zero-order valence-corrected chi connectivity index (χ0v) is 18.8. The van der Waals surface area contributed by atoms with E-state index in [-0.39, 0.29) is 13.2 Å². The molecule has 3 N–H and O–H groups in total. The zero-order chi connectivity index (χ0) is 24.2. The molecule has 2 atom stereocenters. The lowest BCUT2D eigenvalue weighted by molar-refractivity contribution is -0.148. The van der Waals surface area contributed by atoms with Gasteiger partial charge in [-0.25, -0.2) is 9.59 Å². The Morgan fingerprint density at radius 2 is 1.21 bits per heavy atom. The first-order valence-electron chi connectivity index (χ1n) is 10.8. The van der Waals surface area contributed by atoms with Crippen LogP contribution >= 0.6 is 0 Å². The summed E-state index contributed by atoms with van der Waals surface area (Å²) < 4.78 is 10.5. The maximum Gasteiger partial charge on any atom is 0.408 e. The number of benzene rings is 3. The van der Waals surface area contributed by atoms with Gasteiger partial charge in [0.15, 0.2) is 6.17 Å². The third-order valence-corrected chi connectivity index (χ3v) is 4.77. The molecule has 0 saturated carbocycles. The Morgan fingerprint density at radius 1 is 0.706 bits per heavy atom. The second kappa shape index (κ2) is 12.6. The predicted molar refractivity (Wildman–Crippen MR) is 127 cm³/mol. The van der Waals surface area contributed by atoms with Crippen molar-refractivity contribution in [2.45, 2.75) is 32.3 Å². The Labute approximate surface area is 198 Å². The number of para-hydroxylation sites is 1. The van der Waals surface area contributed by atoms with Gasteiger partial charge in [0.25, 0.3) is 0 Å². The molecule has 0 radical (unpaired) electrons. The Kier molecular flexibility index (Phi) is 9.04. The summed E-state index contributed by atoms with van der Waals surface area (Å²) in [5.41, 5.74) is 2.26. The van der Waals surface area contributed by atoms with Gasteiger partial charge in [0.1, 0.15) is 19.3 Å². The number of carbonyl (C=O) groups is 3. The van der Waals surface area contributed by atoms with E-state index in [2.05, 4.69) is 16.0 Å². The van der Waals surface area contributed by atoms with E-state index in [0.29, 0.717) is 5.69 Å². The highest BCUT2D eigenvalue weighted by Gasteiger charge is 2.26. The van der Waals surface area contributed by atoms with E-state index in [1.54, 1.807) is 24.3 Å². The van der Waals surface area contributed by atoms with Crippen molar-refractivity contribution in [3.8, 4) is 0 Å². The number of carbonyl (C=O) groups excluding carboxylic acids is 3. The van der Waals surface area contributed by atoms with Gasteiger partial charge in [0.2, 0.25) is 5.91 Å². The summed E-state index contributed by atoms with van der Waals surface area (Å²) in [5.74, 6) is -1.25. The Hall–Kier alpha value is -4.33. The van der Waals surface area contributed by atoms with Crippen molar-refractivity contribution in [2.75, 3.05) is 5.32 Å². The van der Waals surface area contributed by atoms with Gasteiger partial charge in [-0.15, -0.1) is 0 Å². The van der Waals surface area contributed by atoms with Gasteiger partial charge in [-0.2, -0.15) is 0 Å². The molecule has 3 aromatic rings. The van der Waals surface area contributed by atoms with E-state index >= 15 is 0 Å². The molecule has 0 saturated heterocycles. The molecule has 3 rings (SSSR count). The molecule has 8 heteroatoms. The molecule has 1 unspecified atom stereocenters. The molecule has 0 fully saturated rings. The molecule has 8 nitrogen and oxygen atoms in total. The molecule has 176 valence electrons. The van der Waals surface area contributed by atoms with Crippen molar-refractivity contribution < 1.29 is 23.9 Å². The molecular weight excluding hydrogens is 434 g/mol. The maximum absolute atomic E-state index is 12.7. The van der Waals surface area contributed by atoms with E-state index < -0.39 is 30.2 Å². The van der Waals surface area contributed by atoms with Crippen LogP contribution in [0.25, 0.3) is 0 Å². The summed E-state index contributed by atoms with van der Waals surface area (Å²) in [6, 6.07) is 26.4. The average Bonchev–Trinajstić information content (AvgIpc) is 2.87. The summed E-state index contributed by atoms with van der Waals surface area (Å²) >= 11 is 0. The van der Waals surface area contributed by atoms with Crippen LogP contribution in [0.2, 0.25) is 0 Å². The molecule has 0 aliphatic rings. The van der Waals surface area contributed by atoms with Crippen molar-refractivity contribution in [1.82, 2.24) is 10.6 Å². The molecule has 0 heterocycles. The smallest absolute Gasteiger partial charge is 0.408 e. The van der Waals surface area contributed by atoms with Gasteiger partial charge >= 0.3 is 12.1 Å². The van der Waals surface area contributed by atoms with Crippen molar-refractivity contribution >= 4 is 23.7 Å². The number of hydrogen-bond donors (Lipinski definition) is 3. The fourth-order valence-corrected chi connectivity index (χ4v) is 2.94. The van der Waals surface area contributed by atoms with Gasteiger partial charge in [-0.1, -0.05) is 78.9 Å². The van der Waals surface area contributed by atoms with E-state index in [0.717, 1.165) is 11.1 Å². The molecule has 0 aliphatic carbocycles. The minimum Gasteiger partial charge on any atom is -0.458 e. The highest BCUT2D eigenvalue weighted by molar-refractivity contribution is 5.90. The topological polar surface area (TPSA) is 106 Å². The van der Waals surface area contributed by atoms with E-state index in [1.807, 2.05) is 66.7 Å². The van der Waals surface area contributed by atoms with Crippen LogP contribution in [0.1, 0.15) is 18.1 Å². The Balaban J connectivity index is 1.56. The number of esters is 1. The summed E-state index contributed by atoms with van der Waals surface area (Å²) in [5, 5.41) is 8.00. The van der Waals surface area contributed by atoms with Gasteiger partial charge < -0.3 is 25.4 Å². The third kappa shape index (κ3) is 7.98. The number of nitrogens with one attached hydrogen (secondary N) is 3. The fourth-order valence-electron chi connectivity index (χ4n) is 2.94. The molecular formula is C26H27N3O5. The Bertz CT molecular complexity index is 1060. The van der Waals surface area contributed by atoms with Crippen molar-refractivity contribution in [1.29, 1.82) is 0 Å². The van der Waals surface area contributed by atoms with Gasteiger partial charge in [-0.3, -0.25) is 4.79 Å². The van der Waals surface area contributed by atoms with Crippen LogP contribution < -0.4 is 16.0 Å². The summed E-state index contributed by atoms with van der Waals surface area (Å²) in [6.45, 7) is 1.63. The number of rotatable bonds is 10. The Morgan fingerprint density at radius 3 is 1.76 bits per heavy atom. The van der Waals surface area contributed by atoms with Gasteiger partial charge in [0, 0.05) is 5.69 Å². The van der Waals surface area contributed by atoms with Crippen LogP contribution in [0.4, 0.5) is 10.5 Å². The second-order valence-corrected chi connectivity index (χ2v) is 7.47. The molecule has 0 aromatic heterocycles. The number of anilines is 1. The number of hydrogen-bond acceptors (Lipinski definition) is 6. The predicted octanol–water partition coefficient (Wildman–Crippen LogP) is 3.60. The van der Waals surface area contributed by atoms with Crippen LogP contribution in [0, 0.1) is 0 Å². The highest BCUT2D eigenvalue weighted by atomic mass is 16.5. The lowest BCUT2D eigenvalue weighted by Crippen LogP contribution is -2.53. The molecule has 0 aliphatic heterocycles. The molecule has 34 heavy (non-hydrogen) atoms. The summed E-state index contributed by atoms with van der Waals surface area (Å²) in [4.78, 5) is 37.5. The standard InChI is InChI=1S/C26H27N3O5/c1-19(27-26(32)34-18-21-13-7-3-8-14-21)24(30)29-23(28-22-15-9-4-10-16-22)25(31)33-17-20-11-5-2-6-12-20/h2-16,19,23,28H,17-18H2,1H3,(H,27,32)(H,29,30)/t19-,23?/m0/s1. The largest absolute Gasteiger partial charge is 0.458 e. The van der Waals surface area contributed by atoms with Crippen molar-refractivity contribution in [3.63, 3.8) is 0 Å². The number of amides is 2. The maximum atomic E-state index is 12.7. The molecule has 0 spiro atoms. The summed E-state index contributed by atoms with van der Waals surface area (Å²) in [6.07, 6.45) is -1.91. The van der Waals surface area contributed by atoms with Crippen LogP contribution in [0.5, 0.6) is 0 Å². The van der Waals surface area contributed by atoms with E-state index in [4.69, 9.17) is 9.47 Å². The first-order valence-corrected chi connectivity index (χ1v) is 10.8. The minimum atomic E-state index is -1.16. The lowest BCUT2D eigenvalue weighted by Gasteiger charge is -2.22. The second-order valence-electron chi connectivity index (χ2n) is 7.47. The quantitative estimate of drug-likeness (QED) is 0.315. The average molecular weight is 462 g/mol. The number of alkyl carbamates (subject to hydrolysis) is 1. The minimum absolute atomic E-state index is 0.0577. The number of ether oxygens (including phenoxy) is 2. The zero-order valence-electron chi connectivity index (χ0n) is 18.8. The van der Waals surface area contributed by atoms with Crippen LogP contribution in [0.3, 0.4) is 0 Å². The molecule has 3 aromatic carbocycles. The highest BCUT2D eigenvalue weighted by Crippen LogP contribution is 2.09. The summed E-state index contributed by atoms with van der Waals surface area (Å²) in [7, 11) is 0. The first kappa shape index (κ1) is 24.3. The SMILES string of the molecule is C[C@H](NC(=O)OCc1ccccc1)C(=O)NC(Nc1ccccc1)C(=O)OCc1ccccc1. The van der Waals surface area contributed by atoms with E-state index in [9.17, 15) is 14.4 Å². The lowest BCUT2D eigenvalue weighted by atomic mass is 10.2. The monoisotopic (exact) mass is 461 g/mol. The van der Waals surface area contributed by atoms with Crippen molar-refractivity contribution in [2.24, 2.45) is 0 Å². The fraction of sp³-hybridized carbons (Fsp3) is 0.192. The first-order chi connectivity index (χ1) is 16.5. The normalized spacial score (nSPS) is 12.0. The molecule has 2 amide bonds. The van der Waals surface area contributed by atoms with Crippen LogP contribution in [-0.4, -0.2) is 30.2 Å². The van der Waals surface area contributed by atoms with Gasteiger partial charge in [-0.05, 0) is 30.2 Å². The van der Waals surface area contributed by atoms with Crippen LogP contribution in [0.15, 0.2) is 91.0 Å².